The van der Waals surface area contributed by atoms with Crippen LogP contribution in [-0.2, 0) is 4.79 Å². The smallest absolute Gasteiger partial charge is 0.324 e. The van der Waals surface area contributed by atoms with Gasteiger partial charge in [-0.2, -0.15) is 0 Å². The normalized spacial score (nSPS) is 12.3. The van der Waals surface area contributed by atoms with Gasteiger partial charge in [-0.15, -0.1) is 0 Å². The number of ether oxygens (including phenoxy) is 1. The Kier molecular flexibility index (Phi) is 4.06. The van der Waals surface area contributed by atoms with Crippen molar-refractivity contribution >= 4 is 39.3 Å². The average Bonchev–Trinajstić information content (AvgIpc) is 2.41. The zero-order valence-corrected chi connectivity index (χ0v) is 12.0. The number of aromatic hydroxyl groups is 1. The first-order chi connectivity index (χ1) is 8.63. The Bertz CT molecular complexity index is 580. The van der Waals surface area contributed by atoms with Gasteiger partial charge in [0.25, 0.3) is 0 Å². The van der Waals surface area contributed by atoms with Crippen molar-refractivity contribution in [3.8, 4) is 11.5 Å². The highest BCUT2D eigenvalue weighted by Gasteiger charge is 2.16. The van der Waals surface area contributed by atoms with Crippen molar-refractivity contribution in [3.63, 3.8) is 0 Å². The number of carbonyl (C=O) groups is 1. The molecule has 0 heterocycles. The molecule has 3 nitrogen and oxygen atoms in total. The van der Waals surface area contributed by atoms with Gasteiger partial charge in [0, 0.05) is 10.8 Å². The summed E-state index contributed by atoms with van der Waals surface area (Å²) in [5.41, 5.74) is 0. The van der Waals surface area contributed by atoms with E-state index < -0.39 is 0 Å². The molecule has 0 aliphatic rings. The maximum Gasteiger partial charge on any atom is 0.324 e. The van der Waals surface area contributed by atoms with Gasteiger partial charge in [0.15, 0.2) is 0 Å². The molecule has 0 aliphatic heterocycles. The van der Waals surface area contributed by atoms with E-state index >= 15 is 0 Å². The largest absolute Gasteiger partial charge is 0.507 e. The summed E-state index contributed by atoms with van der Waals surface area (Å²) in [5, 5.41) is 11.2. The number of carbonyl (C=O) groups excluding carboxylic acids is 1. The molecule has 94 valence electrons. The third-order valence-corrected chi connectivity index (χ3v) is 4.08. The number of phenolic OH excluding ortho intramolecular Hbond substituents is 1. The summed E-state index contributed by atoms with van der Waals surface area (Å²) in [6, 6.07) is 10.5. The molecule has 0 spiro atoms. The number of halogens is 1. The second-order valence-electron chi connectivity index (χ2n) is 3.93. The van der Waals surface area contributed by atoms with E-state index in [1.165, 1.54) is 0 Å². The minimum Gasteiger partial charge on any atom is -0.507 e. The summed E-state index contributed by atoms with van der Waals surface area (Å²) in [5.74, 6) is 0.421. The third kappa shape index (κ3) is 2.58. The summed E-state index contributed by atoms with van der Waals surface area (Å²) in [6.07, 6.45) is 0.732. The van der Waals surface area contributed by atoms with Gasteiger partial charge < -0.3 is 9.84 Å². The standard InChI is InChI=1S/C14H13IO3/c1-2-11(15)14(17)18-13-8-7-12(16)9-5-3-4-6-10(9)13/h3-8,11,16H,2H2,1H3. The summed E-state index contributed by atoms with van der Waals surface area (Å²) in [6.45, 7) is 1.94. The van der Waals surface area contributed by atoms with Crippen LogP contribution in [-0.4, -0.2) is 15.0 Å². The van der Waals surface area contributed by atoms with Crippen molar-refractivity contribution in [2.24, 2.45) is 0 Å². The van der Waals surface area contributed by atoms with Gasteiger partial charge in [-0.3, -0.25) is 4.79 Å². The van der Waals surface area contributed by atoms with E-state index in [9.17, 15) is 9.90 Å². The molecule has 0 saturated heterocycles. The number of esters is 1. The first-order valence-electron chi connectivity index (χ1n) is 5.70. The Hall–Kier alpha value is -1.30. The van der Waals surface area contributed by atoms with Crippen molar-refractivity contribution in [2.45, 2.75) is 17.3 Å². The van der Waals surface area contributed by atoms with Crippen molar-refractivity contribution in [2.75, 3.05) is 0 Å². The Morgan fingerprint density at radius 3 is 2.61 bits per heavy atom. The second kappa shape index (κ2) is 5.56. The lowest BCUT2D eigenvalue weighted by Crippen LogP contribution is -2.19. The first kappa shape index (κ1) is 13.1. The zero-order valence-electron chi connectivity index (χ0n) is 9.89. The van der Waals surface area contributed by atoms with Crippen LogP contribution < -0.4 is 4.74 Å². The van der Waals surface area contributed by atoms with Gasteiger partial charge >= 0.3 is 5.97 Å². The molecular weight excluding hydrogens is 343 g/mol. The number of rotatable bonds is 3. The van der Waals surface area contributed by atoms with Crippen LogP contribution in [0.5, 0.6) is 11.5 Å². The topological polar surface area (TPSA) is 46.5 Å². The van der Waals surface area contributed by atoms with Crippen LogP contribution in [0.4, 0.5) is 0 Å². The summed E-state index contributed by atoms with van der Waals surface area (Å²) < 4.78 is 5.22. The lowest BCUT2D eigenvalue weighted by molar-refractivity contribution is -0.133. The Morgan fingerprint density at radius 1 is 1.28 bits per heavy atom. The molecule has 2 aromatic carbocycles. The van der Waals surface area contributed by atoms with Crippen molar-refractivity contribution in [3.05, 3.63) is 36.4 Å². The number of alkyl halides is 1. The second-order valence-corrected chi connectivity index (χ2v) is 5.43. The predicted octanol–water partition coefficient (Wildman–Crippen LogP) is 3.66. The minimum atomic E-state index is -0.256. The lowest BCUT2D eigenvalue weighted by atomic mass is 10.1. The highest BCUT2D eigenvalue weighted by atomic mass is 127. The Labute approximate surface area is 119 Å². The van der Waals surface area contributed by atoms with E-state index in [1.807, 2.05) is 25.1 Å². The van der Waals surface area contributed by atoms with Gasteiger partial charge in [-0.1, -0.05) is 53.8 Å². The van der Waals surface area contributed by atoms with Crippen molar-refractivity contribution in [1.29, 1.82) is 0 Å². The molecule has 0 saturated carbocycles. The van der Waals surface area contributed by atoms with E-state index in [1.54, 1.807) is 18.2 Å². The first-order valence-corrected chi connectivity index (χ1v) is 6.94. The van der Waals surface area contributed by atoms with Crippen LogP contribution in [0.15, 0.2) is 36.4 Å². The van der Waals surface area contributed by atoms with Gasteiger partial charge in [-0.05, 0) is 18.6 Å². The van der Waals surface area contributed by atoms with E-state index in [4.69, 9.17) is 4.74 Å². The zero-order chi connectivity index (χ0) is 13.1. The SMILES string of the molecule is CCC(I)C(=O)Oc1ccc(O)c2ccccc12. The molecule has 0 aromatic heterocycles. The maximum atomic E-state index is 11.8. The number of fused-ring (bicyclic) bond motifs is 1. The summed E-state index contributed by atoms with van der Waals surface area (Å²) >= 11 is 2.06. The number of hydrogen-bond acceptors (Lipinski definition) is 3. The van der Waals surface area contributed by atoms with E-state index in [-0.39, 0.29) is 15.6 Å². The van der Waals surface area contributed by atoms with Gasteiger partial charge in [0.05, 0.1) is 0 Å². The number of benzene rings is 2. The highest BCUT2D eigenvalue weighted by molar-refractivity contribution is 14.1. The van der Waals surface area contributed by atoms with Crippen LogP contribution >= 0.6 is 22.6 Å². The molecule has 2 rings (SSSR count). The molecule has 0 radical (unpaired) electrons. The monoisotopic (exact) mass is 356 g/mol. The summed E-state index contributed by atoms with van der Waals surface area (Å²) in [7, 11) is 0. The van der Waals surface area contributed by atoms with E-state index in [0.717, 1.165) is 11.8 Å². The molecular formula is C14H13IO3. The van der Waals surface area contributed by atoms with Gasteiger partial charge in [0.1, 0.15) is 15.4 Å². The molecule has 1 atom stereocenters. The molecule has 0 bridgehead atoms. The Balaban J connectivity index is 2.40. The summed E-state index contributed by atoms with van der Waals surface area (Å²) in [4.78, 5) is 11.8. The van der Waals surface area contributed by atoms with Crippen molar-refractivity contribution in [1.82, 2.24) is 0 Å². The molecule has 2 aromatic rings. The van der Waals surface area contributed by atoms with Crippen molar-refractivity contribution < 1.29 is 14.6 Å². The molecule has 4 heteroatoms. The minimum absolute atomic E-state index is 0.157. The quantitative estimate of drug-likeness (QED) is 0.395. The Morgan fingerprint density at radius 2 is 1.94 bits per heavy atom. The fraction of sp³-hybridized carbons (Fsp3) is 0.214. The maximum absolute atomic E-state index is 11.8. The van der Waals surface area contributed by atoms with E-state index in [2.05, 4.69) is 22.6 Å². The molecule has 0 fully saturated rings. The number of phenols is 1. The average molecular weight is 356 g/mol. The third-order valence-electron chi connectivity index (χ3n) is 2.69. The van der Waals surface area contributed by atoms with E-state index in [0.29, 0.717) is 11.1 Å². The predicted molar refractivity (Wildman–Crippen MR) is 79.3 cm³/mol. The molecule has 1 N–H and O–H groups in total. The number of hydrogen-bond donors (Lipinski definition) is 1. The molecule has 18 heavy (non-hydrogen) atoms. The van der Waals surface area contributed by atoms with Crippen LogP contribution in [0.25, 0.3) is 10.8 Å². The fourth-order valence-electron chi connectivity index (χ4n) is 1.68. The van der Waals surface area contributed by atoms with Crippen LogP contribution in [0.2, 0.25) is 0 Å². The van der Waals surface area contributed by atoms with Gasteiger partial charge in [-0.25, -0.2) is 0 Å². The van der Waals surface area contributed by atoms with Crippen LogP contribution in [0.3, 0.4) is 0 Å². The lowest BCUT2D eigenvalue weighted by Gasteiger charge is -2.10. The fourth-order valence-corrected chi connectivity index (χ4v) is 1.81. The highest BCUT2D eigenvalue weighted by Crippen LogP contribution is 2.32. The van der Waals surface area contributed by atoms with Crippen LogP contribution in [0.1, 0.15) is 13.3 Å². The molecule has 1 unspecified atom stereocenters. The van der Waals surface area contributed by atoms with Crippen LogP contribution in [0, 0.1) is 0 Å². The van der Waals surface area contributed by atoms with Gasteiger partial charge in [0.2, 0.25) is 0 Å². The molecule has 0 aliphatic carbocycles. The molecule has 0 amide bonds.